The lowest BCUT2D eigenvalue weighted by atomic mass is 10.4. The van der Waals surface area contributed by atoms with E-state index in [2.05, 4.69) is 28.0 Å². The molecule has 0 radical (unpaired) electrons. The van der Waals surface area contributed by atoms with Crippen molar-refractivity contribution in [2.45, 2.75) is 33.9 Å². The van der Waals surface area contributed by atoms with Gasteiger partial charge in [-0.3, -0.25) is 4.68 Å². The third-order valence-electron chi connectivity index (χ3n) is 1.90. The molecular formula is C9H15BrN2O. The Bertz CT molecular complexity index is 283. The summed E-state index contributed by atoms with van der Waals surface area (Å²) in [6, 6.07) is 0. The predicted molar refractivity (Wildman–Crippen MR) is 55.7 cm³/mol. The average Bonchev–Trinajstić information content (AvgIpc) is 2.40. The van der Waals surface area contributed by atoms with E-state index in [1.165, 1.54) is 0 Å². The number of rotatable bonds is 4. The second kappa shape index (κ2) is 4.77. The van der Waals surface area contributed by atoms with Crippen LogP contribution in [0.1, 0.15) is 25.2 Å². The number of nitrogens with zero attached hydrogens (tertiary/aromatic N) is 2. The fourth-order valence-electron chi connectivity index (χ4n) is 1.21. The first-order chi connectivity index (χ1) is 6.20. The number of hydrogen-bond donors (Lipinski definition) is 0. The lowest BCUT2D eigenvalue weighted by molar-refractivity contribution is 0.127. The summed E-state index contributed by atoms with van der Waals surface area (Å²) in [5.41, 5.74) is 2.15. The molecule has 1 aromatic rings. The maximum atomic E-state index is 5.37. The van der Waals surface area contributed by atoms with E-state index in [0.29, 0.717) is 6.61 Å². The van der Waals surface area contributed by atoms with Crippen LogP contribution in [-0.2, 0) is 17.9 Å². The number of ether oxygens (including phenoxy) is 1. The first-order valence-electron chi connectivity index (χ1n) is 4.50. The summed E-state index contributed by atoms with van der Waals surface area (Å²) in [6.45, 7) is 8.31. The van der Waals surface area contributed by atoms with Crippen molar-refractivity contribution < 1.29 is 4.74 Å². The highest BCUT2D eigenvalue weighted by Gasteiger charge is 2.11. The zero-order valence-electron chi connectivity index (χ0n) is 8.30. The van der Waals surface area contributed by atoms with Crippen LogP contribution in [-0.4, -0.2) is 16.4 Å². The van der Waals surface area contributed by atoms with Gasteiger partial charge in [-0.15, -0.1) is 0 Å². The van der Waals surface area contributed by atoms with Crippen molar-refractivity contribution >= 4 is 15.9 Å². The Kier molecular flexibility index (Phi) is 3.93. The third kappa shape index (κ3) is 2.31. The van der Waals surface area contributed by atoms with Crippen molar-refractivity contribution in [1.82, 2.24) is 9.78 Å². The van der Waals surface area contributed by atoms with Gasteiger partial charge in [-0.2, -0.15) is 5.10 Å². The molecule has 1 aromatic heterocycles. The number of hydrogen-bond acceptors (Lipinski definition) is 2. The summed E-state index contributed by atoms with van der Waals surface area (Å²) in [6.07, 6.45) is 0. The van der Waals surface area contributed by atoms with Gasteiger partial charge >= 0.3 is 0 Å². The fraction of sp³-hybridized carbons (Fsp3) is 0.667. The Morgan fingerprint density at radius 3 is 2.69 bits per heavy atom. The molecule has 13 heavy (non-hydrogen) atoms. The molecule has 0 aliphatic rings. The molecule has 1 heterocycles. The molecule has 0 aliphatic heterocycles. The second-order valence-electron chi connectivity index (χ2n) is 2.80. The van der Waals surface area contributed by atoms with Crippen molar-refractivity contribution in [2.75, 3.05) is 6.61 Å². The molecule has 0 bridgehead atoms. The normalized spacial score (nSPS) is 10.8. The summed E-state index contributed by atoms with van der Waals surface area (Å²) in [4.78, 5) is 0. The molecule has 0 amide bonds. The molecule has 0 fully saturated rings. The summed E-state index contributed by atoms with van der Waals surface area (Å²) >= 11 is 3.51. The van der Waals surface area contributed by atoms with E-state index in [1.54, 1.807) is 0 Å². The van der Waals surface area contributed by atoms with Gasteiger partial charge in [-0.25, -0.2) is 0 Å². The van der Waals surface area contributed by atoms with Crippen LogP contribution in [0.3, 0.4) is 0 Å². The van der Waals surface area contributed by atoms with Crippen LogP contribution < -0.4 is 0 Å². The van der Waals surface area contributed by atoms with Crippen molar-refractivity contribution in [2.24, 2.45) is 0 Å². The Balaban J connectivity index is 2.88. The zero-order chi connectivity index (χ0) is 9.84. The van der Waals surface area contributed by atoms with Crippen LogP contribution >= 0.6 is 15.9 Å². The van der Waals surface area contributed by atoms with Gasteiger partial charge in [0.1, 0.15) is 0 Å². The molecule has 0 spiro atoms. The molecule has 0 aromatic carbocycles. The first-order valence-corrected chi connectivity index (χ1v) is 5.29. The van der Waals surface area contributed by atoms with Crippen LogP contribution in [0.4, 0.5) is 0 Å². The van der Waals surface area contributed by atoms with Gasteiger partial charge in [0.2, 0.25) is 0 Å². The molecule has 0 aliphatic carbocycles. The van der Waals surface area contributed by atoms with E-state index in [-0.39, 0.29) is 0 Å². The van der Waals surface area contributed by atoms with Crippen LogP contribution in [0.2, 0.25) is 0 Å². The van der Waals surface area contributed by atoms with Gasteiger partial charge in [0.15, 0.2) is 0 Å². The highest BCUT2D eigenvalue weighted by atomic mass is 79.9. The van der Waals surface area contributed by atoms with E-state index in [1.807, 2.05) is 18.5 Å². The highest BCUT2D eigenvalue weighted by molar-refractivity contribution is 9.10. The van der Waals surface area contributed by atoms with Gasteiger partial charge in [-0.1, -0.05) is 0 Å². The monoisotopic (exact) mass is 246 g/mol. The fourth-order valence-corrected chi connectivity index (χ4v) is 1.60. The Morgan fingerprint density at radius 1 is 1.46 bits per heavy atom. The molecule has 0 unspecified atom stereocenters. The molecule has 3 nitrogen and oxygen atoms in total. The van der Waals surface area contributed by atoms with E-state index in [9.17, 15) is 0 Å². The van der Waals surface area contributed by atoms with Crippen LogP contribution in [0, 0.1) is 6.92 Å². The van der Waals surface area contributed by atoms with Crippen molar-refractivity contribution in [1.29, 1.82) is 0 Å². The van der Waals surface area contributed by atoms with E-state index < -0.39 is 0 Å². The Labute approximate surface area is 87.2 Å². The lowest BCUT2D eigenvalue weighted by Gasteiger charge is -2.04. The van der Waals surface area contributed by atoms with Crippen molar-refractivity contribution in [3.8, 4) is 0 Å². The average molecular weight is 247 g/mol. The molecule has 0 saturated heterocycles. The van der Waals surface area contributed by atoms with Gasteiger partial charge in [-0.05, 0) is 36.7 Å². The highest BCUT2D eigenvalue weighted by Crippen LogP contribution is 2.21. The third-order valence-corrected chi connectivity index (χ3v) is 2.93. The summed E-state index contributed by atoms with van der Waals surface area (Å²) in [5, 5.41) is 4.37. The van der Waals surface area contributed by atoms with E-state index >= 15 is 0 Å². The maximum Gasteiger partial charge on any atom is 0.0896 e. The van der Waals surface area contributed by atoms with Gasteiger partial charge in [0.05, 0.1) is 22.5 Å². The van der Waals surface area contributed by atoms with Crippen molar-refractivity contribution in [3.05, 3.63) is 15.9 Å². The molecule has 74 valence electrons. The van der Waals surface area contributed by atoms with E-state index in [4.69, 9.17) is 4.74 Å². The first kappa shape index (κ1) is 10.7. The Morgan fingerprint density at radius 2 is 2.15 bits per heavy atom. The molecule has 0 atom stereocenters. The number of aryl methyl sites for hydroxylation is 2. The predicted octanol–water partition coefficient (Wildman–Crippen LogP) is 2.51. The second-order valence-corrected chi connectivity index (χ2v) is 3.59. The lowest BCUT2D eigenvalue weighted by Crippen LogP contribution is -2.04. The van der Waals surface area contributed by atoms with Gasteiger partial charge < -0.3 is 4.74 Å². The minimum Gasteiger partial charge on any atom is -0.375 e. The van der Waals surface area contributed by atoms with Gasteiger partial charge in [0.25, 0.3) is 0 Å². The molecular weight excluding hydrogens is 232 g/mol. The summed E-state index contributed by atoms with van der Waals surface area (Å²) in [5.74, 6) is 0. The van der Waals surface area contributed by atoms with E-state index in [0.717, 1.165) is 29.0 Å². The number of halogens is 1. The number of aromatic nitrogens is 2. The molecule has 0 N–H and O–H groups in total. The van der Waals surface area contributed by atoms with Crippen LogP contribution in [0.5, 0.6) is 0 Å². The molecule has 1 rings (SSSR count). The minimum absolute atomic E-state index is 0.631. The topological polar surface area (TPSA) is 27.1 Å². The largest absolute Gasteiger partial charge is 0.375 e. The standard InChI is InChI=1S/C9H15BrN2O/c1-4-12-8(6-13-5-2)9(10)7(3)11-12/h4-6H2,1-3H3. The van der Waals surface area contributed by atoms with Gasteiger partial charge in [0, 0.05) is 13.2 Å². The molecule has 0 saturated carbocycles. The summed E-state index contributed by atoms with van der Waals surface area (Å²) < 4.78 is 8.40. The van der Waals surface area contributed by atoms with Crippen LogP contribution in [0.25, 0.3) is 0 Å². The van der Waals surface area contributed by atoms with Crippen molar-refractivity contribution in [3.63, 3.8) is 0 Å². The Hall–Kier alpha value is -0.350. The zero-order valence-corrected chi connectivity index (χ0v) is 9.89. The smallest absolute Gasteiger partial charge is 0.0896 e. The molecule has 4 heteroatoms. The minimum atomic E-state index is 0.631. The quantitative estimate of drug-likeness (QED) is 0.817. The SMILES string of the molecule is CCOCc1c(Br)c(C)nn1CC. The maximum absolute atomic E-state index is 5.37. The van der Waals surface area contributed by atoms with Crippen LogP contribution in [0.15, 0.2) is 4.47 Å². The summed E-state index contributed by atoms with van der Waals surface area (Å²) in [7, 11) is 0.